The summed E-state index contributed by atoms with van der Waals surface area (Å²) in [5.74, 6) is 1.05. The van der Waals surface area contributed by atoms with E-state index in [0.717, 1.165) is 10.0 Å². The van der Waals surface area contributed by atoms with E-state index >= 15 is 0 Å². The van der Waals surface area contributed by atoms with Gasteiger partial charge in [0.1, 0.15) is 17.3 Å². The lowest BCUT2D eigenvalue weighted by Gasteiger charge is -2.08. The molecule has 0 bridgehead atoms. The summed E-state index contributed by atoms with van der Waals surface area (Å²) >= 11 is 14.8. The minimum atomic E-state index is -0.470. The van der Waals surface area contributed by atoms with Gasteiger partial charge in [-0.2, -0.15) is 0 Å². The summed E-state index contributed by atoms with van der Waals surface area (Å²) in [7, 11) is 0. The van der Waals surface area contributed by atoms with Gasteiger partial charge in [-0.3, -0.25) is 0 Å². The quantitative estimate of drug-likeness (QED) is 0.639. The Kier molecular flexibility index (Phi) is 4.49. The van der Waals surface area contributed by atoms with Crippen LogP contribution in [0.3, 0.4) is 0 Å². The van der Waals surface area contributed by atoms with Crippen LogP contribution in [0.5, 0.6) is 11.5 Å². The molecule has 0 aliphatic heterocycles. The summed E-state index contributed by atoms with van der Waals surface area (Å²) in [6, 6.07) is 9.66. The number of benzene rings is 2. The van der Waals surface area contributed by atoms with Crippen LogP contribution in [0.25, 0.3) is 0 Å². The molecule has 0 saturated carbocycles. The van der Waals surface area contributed by atoms with Crippen molar-refractivity contribution in [2.24, 2.45) is 0 Å². The molecule has 0 aliphatic carbocycles. The Morgan fingerprint density at radius 1 is 1.11 bits per heavy atom. The van der Waals surface area contributed by atoms with Crippen molar-refractivity contribution in [3.63, 3.8) is 0 Å². The fourth-order valence-electron chi connectivity index (χ4n) is 1.38. The second kappa shape index (κ2) is 5.91. The molecule has 0 spiro atoms. The Morgan fingerprint density at radius 2 is 1.78 bits per heavy atom. The van der Waals surface area contributed by atoms with Gasteiger partial charge in [-0.05, 0) is 29.8 Å². The molecule has 2 aromatic rings. The number of alkyl halides is 1. The van der Waals surface area contributed by atoms with Crippen molar-refractivity contribution in [2.75, 3.05) is 0 Å². The van der Waals surface area contributed by atoms with Crippen molar-refractivity contribution in [3.05, 3.63) is 57.3 Å². The van der Waals surface area contributed by atoms with Crippen LogP contribution in [-0.2, 0) is 5.88 Å². The Bertz CT molecular complexity index is 575. The van der Waals surface area contributed by atoms with Crippen LogP contribution in [0.4, 0.5) is 4.39 Å². The lowest BCUT2D eigenvalue weighted by molar-refractivity contribution is 0.480. The summed E-state index contributed by atoms with van der Waals surface area (Å²) in [5.41, 5.74) is 0.973. The summed E-state index contributed by atoms with van der Waals surface area (Å²) < 4.78 is 19.4. The largest absolute Gasteiger partial charge is 0.457 e. The highest BCUT2D eigenvalue weighted by Crippen LogP contribution is 2.29. The molecule has 2 aromatic carbocycles. The van der Waals surface area contributed by atoms with Crippen LogP contribution >= 0.6 is 39.1 Å². The first-order valence-corrected chi connectivity index (χ1v) is 6.78. The van der Waals surface area contributed by atoms with E-state index < -0.39 is 5.82 Å². The summed E-state index contributed by atoms with van der Waals surface area (Å²) in [5, 5.41) is 0.0314. The fraction of sp³-hybridized carbons (Fsp3) is 0.0769. The third-order valence-corrected chi connectivity index (χ3v) is 3.61. The maximum absolute atomic E-state index is 13.0. The molecular weight excluding hydrogens is 342 g/mol. The average molecular weight is 350 g/mol. The monoisotopic (exact) mass is 348 g/mol. The number of rotatable bonds is 3. The van der Waals surface area contributed by atoms with Gasteiger partial charge in [0.2, 0.25) is 0 Å². The van der Waals surface area contributed by atoms with Gasteiger partial charge in [-0.1, -0.05) is 33.6 Å². The number of ether oxygens (including phenoxy) is 1. The van der Waals surface area contributed by atoms with E-state index in [1.165, 1.54) is 18.2 Å². The maximum Gasteiger partial charge on any atom is 0.142 e. The number of hydrogen-bond acceptors (Lipinski definition) is 1. The molecule has 0 aliphatic rings. The van der Waals surface area contributed by atoms with Gasteiger partial charge < -0.3 is 4.74 Å². The van der Waals surface area contributed by atoms with E-state index in [-0.39, 0.29) is 5.02 Å². The normalized spacial score (nSPS) is 10.4. The molecular formula is C13H8BrCl2FO. The van der Waals surface area contributed by atoms with Gasteiger partial charge in [0.05, 0.1) is 5.02 Å². The van der Waals surface area contributed by atoms with Crippen LogP contribution in [0, 0.1) is 5.82 Å². The molecule has 94 valence electrons. The topological polar surface area (TPSA) is 9.23 Å². The number of halogens is 4. The van der Waals surface area contributed by atoms with Crippen molar-refractivity contribution in [3.8, 4) is 11.5 Å². The molecule has 2 rings (SSSR count). The summed E-state index contributed by atoms with van der Waals surface area (Å²) in [4.78, 5) is 0. The zero-order valence-corrected chi connectivity index (χ0v) is 12.2. The predicted molar refractivity (Wildman–Crippen MR) is 75.2 cm³/mol. The highest BCUT2D eigenvalue weighted by atomic mass is 79.9. The average Bonchev–Trinajstić information content (AvgIpc) is 2.34. The molecule has 1 nitrogen and oxygen atoms in total. The summed E-state index contributed by atoms with van der Waals surface area (Å²) in [6.45, 7) is 0. The molecule has 0 radical (unpaired) electrons. The van der Waals surface area contributed by atoms with Gasteiger partial charge in [0.25, 0.3) is 0 Å². The maximum atomic E-state index is 13.0. The van der Waals surface area contributed by atoms with Crippen LogP contribution in [-0.4, -0.2) is 0 Å². The lowest BCUT2D eigenvalue weighted by atomic mass is 10.2. The molecule has 5 heteroatoms. The van der Waals surface area contributed by atoms with E-state index in [1.54, 1.807) is 12.1 Å². The lowest BCUT2D eigenvalue weighted by Crippen LogP contribution is -1.87. The second-order valence-electron chi connectivity index (χ2n) is 3.56. The van der Waals surface area contributed by atoms with E-state index in [9.17, 15) is 4.39 Å². The first kappa shape index (κ1) is 13.7. The van der Waals surface area contributed by atoms with Crippen molar-refractivity contribution in [1.82, 2.24) is 0 Å². The molecule has 0 saturated heterocycles. The molecule has 0 unspecified atom stereocenters. The molecule has 0 N–H and O–H groups in total. The zero-order valence-electron chi connectivity index (χ0n) is 9.09. The molecule has 0 aromatic heterocycles. The van der Waals surface area contributed by atoms with Crippen molar-refractivity contribution in [2.45, 2.75) is 5.88 Å². The van der Waals surface area contributed by atoms with E-state index in [2.05, 4.69) is 15.9 Å². The Balaban J connectivity index is 2.23. The SMILES string of the molecule is Fc1ccc(Oc2ccc(CCl)c(Br)c2)cc1Cl. The minimum absolute atomic E-state index is 0.0314. The predicted octanol–water partition coefficient (Wildman–Crippen LogP) is 5.77. The van der Waals surface area contributed by atoms with Crippen LogP contribution in [0.1, 0.15) is 5.56 Å². The van der Waals surface area contributed by atoms with Gasteiger partial charge in [-0.25, -0.2) is 4.39 Å². The fourth-order valence-corrected chi connectivity index (χ4v) is 2.44. The van der Waals surface area contributed by atoms with E-state index in [1.807, 2.05) is 6.07 Å². The first-order chi connectivity index (χ1) is 8.60. The van der Waals surface area contributed by atoms with Gasteiger partial charge in [0, 0.05) is 16.4 Å². The third-order valence-electron chi connectivity index (χ3n) is 2.30. The minimum Gasteiger partial charge on any atom is -0.457 e. The van der Waals surface area contributed by atoms with Crippen LogP contribution < -0.4 is 4.74 Å². The second-order valence-corrected chi connectivity index (χ2v) is 5.09. The summed E-state index contributed by atoms with van der Waals surface area (Å²) in [6.07, 6.45) is 0. The van der Waals surface area contributed by atoms with Gasteiger partial charge in [0.15, 0.2) is 0 Å². The Morgan fingerprint density at radius 3 is 2.39 bits per heavy atom. The molecule has 18 heavy (non-hydrogen) atoms. The van der Waals surface area contributed by atoms with Crippen LogP contribution in [0.2, 0.25) is 5.02 Å². The van der Waals surface area contributed by atoms with E-state index in [0.29, 0.717) is 17.4 Å². The van der Waals surface area contributed by atoms with Crippen molar-refractivity contribution in [1.29, 1.82) is 0 Å². The number of hydrogen-bond donors (Lipinski definition) is 0. The van der Waals surface area contributed by atoms with E-state index in [4.69, 9.17) is 27.9 Å². The van der Waals surface area contributed by atoms with Crippen molar-refractivity contribution < 1.29 is 9.13 Å². The molecule has 0 atom stereocenters. The highest BCUT2D eigenvalue weighted by Gasteiger charge is 2.05. The smallest absolute Gasteiger partial charge is 0.142 e. The first-order valence-electron chi connectivity index (χ1n) is 5.07. The van der Waals surface area contributed by atoms with Gasteiger partial charge >= 0.3 is 0 Å². The zero-order chi connectivity index (χ0) is 13.1. The molecule has 0 fully saturated rings. The molecule has 0 amide bonds. The van der Waals surface area contributed by atoms with Gasteiger partial charge in [-0.15, -0.1) is 11.6 Å². The third kappa shape index (κ3) is 3.16. The highest BCUT2D eigenvalue weighted by molar-refractivity contribution is 9.10. The Hall–Kier alpha value is -0.770. The standard InChI is InChI=1S/C13H8BrCl2FO/c14-11-5-9(2-1-8(11)7-15)18-10-3-4-13(17)12(16)6-10/h1-6H,7H2. The Labute approximate surface area is 123 Å². The van der Waals surface area contributed by atoms with Crippen molar-refractivity contribution >= 4 is 39.1 Å². The van der Waals surface area contributed by atoms with Crippen LogP contribution in [0.15, 0.2) is 40.9 Å². The molecule has 0 heterocycles.